The van der Waals surface area contributed by atoms with Crippen LogP contribution in [-0.2, 0) is 22.5 Å². The van der Waals surface area contributed by atoms with Gasteiger partial charge in [0.15, 0.2) is 6.10 Å². The number of aryl methyl sites for hydroxylation is 1. The molecule has 1 aliphatic heterocycles. The van der Waals surface area contributed by atoms with E-state index in [1.54, 1.807) is 31.4 Å². The Morgan fingerprint density at radius 1 is 1.27 bits per heavy atom. The monoisotopic (exact) mass is 420 g/mol. The number of amides is 1. The first-order valence-electron chi connectivity index (χ1n) is 9.60. The van der Waals surface area contributed by atoms with Crippen LogP contribution >= 0.6 is 0 Å². The SMILES string of the molecule is CCCc1ccccc1OC.O=CNCc1ccc(/C(CC2OC2(F)F)=N/O)cc1. The number of alkyl halides is 2. The van der Waals surface area contributed by atoms with Gasteiger partial charge in [-0.3, -0.25) is 4.79 Å². The molecule has 8 heteroatoms. The minimum absolute atomic E-state index is 0.136. The summed E-state index contributed by atoms with van der Waals surface area (Å²) in [5, 5.41) is 14.4. The summed E-state index contributed by atoms with van der Waals surface area (Å²) < 4.78 is 34.6. The lowest BCUT2D eigenvalue weighted by Crippen LogP contribution is -2.11. The molecule has 162 valence electrons. The summed E-state index contributed by atoms with van der Waals surface area (Å²) >= 11 is 0. The van der Waals surface area contributed by atoms with Gasteiger partial charge in [0, 0.05) is 13.0 Å². The molecule has 1 fully saturated rings. The molecule has 2 aromatic carbocycles. The third kappa shape index (κ3) is 6.81. The van der Waals surface area contributed by atoms with Gasteiger partial charge in [-0.05, 0) is 29.2 Å². The van der Waals surface area contributed by atoms with Crippen LogP contribution in [0.15, 0.2) is 53.7 Å². The van der Waals surface area contributed by atoms with Gasteiger partial charge in [-0.2, -0.15) is 8.78 Å². The Balaban J connectivity index is 0.000000248. The molecular formula is C22H26F2N2O4. The minimum atomic E-state index is -3.12. The van der Waals surface area contributed by atoms with E-state index in [9.17, 15) is 13.6 Å². The highest BCUT2D eigenvalue weighted by atomic mass is 19.3. The van der Waals surface area contributed by atoms with E-state index in [2.05, 4.69) is 28.2 Å². The third-order valence-corrected chi connectivity index (χ3v) is 4.50. The van der Waals surface area contributed by atoms with E-state index < -0.39 is 12.2 Å². The van der Waals surface area contributed by atoms with E-state index >= 15 is 0 Å². The van der Waals surface area contributed by atoms with Crippen molar-refractivity contribution in [2.24, 2.45) is 5.16 Å². The fraction of sp³-hybridized carbons (Fsp3) is 0.364. The number of hydrogen-bond donors (Lipinski definition) is 2. The summed E-state index contributed by atoms with van der Waals surface area (Å²) in [6.45, 7) is 2.55. The van der Waals surface area contributed by atoms with Gasteiger partial charge in [0.05, 0.1) is 12.8 Å². The number of carbonyl (C=O) groups excluding carboxylic acids is 1. The highest BCUT2D eigenvalue weighted by Crippen LogP contribution is 2.42. The molecule has 1 unspecified atom stereocenters. The molecule has 0 radical (unpaired) electrons. The Kier molecular flexibility index (Phi) is 8.73. The standard InChI is InChI=1S/C12H12F2N2O3.C10H14O/c13-12(14)11(19-12)5-10(16-18)9-3-1-8(2-4-9)6-15-7-17;1-3-6-9-7-4-5-8-10(9)11-2/h1-4,7,11,18H,5-6H2,(H,15,17);4-5,7-8H,3,6H2,1-2H3/b16-10+;. The maximum atomic E-state index is 12.6. The first-order chi connectivity index (χ1) is 14.4. The Bertz CT molecular complexity index is 841. The molecule has 1 saturated heterocycles. The van der Waals surface area contributed by atoms with Crippen LogP contribution in [0.2, 0.25) is 0 Å². The second kappa shape index (κ2) is 11.3. The van der Waals surface area contributed by atoms with Crippen molar-refractivity contribution in [1.29, 1.82) is 0 Å². The largest absolute Gasteiger partial charge is 0.496 e. The Morgan fingerprint density at radius 3 is 2.47 bits per heavy atom. The molecule has 30 heavy (non-hydrogen) atoms. The first kappa shape index (κ1) is 23.3. The van der Waals surface area contributed by atoms with Crippen molar-refractivity contribution in [2.45, 2.75) is 44.9 Å². The molecule has 2 aromatic rings. The van der Waals surface area contributed by atoms with Crippen molar-refractivity contribution in [1.82, 2.24) is 5.32 Å². The second-order valence-electron chi connectivity index (χ2n) is 6.68. The first-order valence-corrected chi connectivity index (χ1v) is 9.60. The van der Waals surface area contributed by atoms with Crippen LogP contribution in [0.5, 0.6) is 5.75 Å². The Hall–Kier alpha value is -3.00. The fourth-order valence-corrected chi connectivity index (χ4v) is 2.86. The number of halogens is 2. The number of carbonyl (C=O) groups is 1. The highest BCUT2D eigenvalue weighted by molar-refractivity contribution is 6.00. The summed E-state index contributed by atoms with van der Waals surface area (Å²) in [5.74, 6) is 1.01. The summed E-state index contributed by atoms with van der Waals surface area (Å²) in [5.41, 5.74) is 2.82. The molecule has 1 heterocycles. The van der Waals surface area contributed by atoms with E-state index in [1.165, 1.54) is 12.0 Å². The number of rotatable bonds is 9. The van der Waals surface area contributed by atoms with Gasteiger partial charge in [-0.25, -0.2) is 0 Å². The van der Waals surface area contributed by atoms with Crippen LogP contribution in [0.25, 0.3) is 0 Å². The number of nitrogens with one attached hydrogen (secondary N) is 1. The van der Waals surface area contributed by atoms with Gasteiger partial charge >= 0.3 is 6.11 Å². The minimum Gasteiger partial charge on any atom is -0.496 e. The molecule has 1 amide bonds. The zero-order chi connectivity index (χ0) is 22.0. The Morgan fingerprint density at radius 2 is 1.93 bits per heavy atom. The van der Waals surface area contributed by atoms with Crippen LogP contribution in [0.3, 0.4) is 0 Å². The number of ether oxygens (including phenoxy) is 2. The zero-order valence-corrected chi connectivity index (χ0v) is 17.0. The summed E-state index contributed by atoms with van der Waals surface area (Å²) in [6.07, 6.45) is -1.65. The lowest BCUT2D eigenvalue weighted by molar-refractivity contribution is -0.109. The summed E-state index contributed by atoms with van der Waals surface area (Å²) in [6, 6.07) is 14.9. The molecule has 0 spiro atoms. The summed E-state index contributed by atoms with van der Waals surface area (Å²) in [7, 11) is 1.72. The lowest BCUT2D eigenvalue weighted by atomic mass is 10.0. The van der Waals surface area contributed by atoms with E-state index in [-0.39, 0.29) is 12.1 Å². The van der Waals surface area contributed by atoms with Crippen molar-refractivity contribution in [2.75, 3.05) is 7.11 Å². The normalized spacial score (nSPS) is 16.8. The molecule has 0 saturated carbocycles. The molecule has 0 aromatic heterocycles. The van der Waals surface area contributed by atoms with Gasteiger partial charge in [-0.1, -0.05) is 61.0 Å². The van der Waals surface area contributed by atoms with Gasteiger partial charge in [0.25, 0.3) is 0 Å². The fourth-order valence-electron chi connectivity index (χ4n) is 2.86. The smallest absolute Gasteiger partial charge is 0.383 e. The van der Waals surface area contributed by atoms with Crippen molar-refractivity contribution < 1.29 is 28.3 Å². The van der Waals surface area contributed by atoms with Gasteiger partial charge < -0.3 is 20.0 Å². The van der Waals surface area contributed by atoms with E-state index in [1.807, 2.05) is 18.2 Å². The predicted molar refractivity (Wildman–Crippen MR) is 109 cm³/mol. The molecule has 3 rings (SSSR count). The predicted octanol–water partition coefficient (Wildman–Crippen LogP) is 4.14. The van der Waals surface area contributed by atoms with Crippen molar-refractivity contribution >= 4 is 12.1 Å². The average Bonchev–Trinajstić information content (AvgIpc) is 3.37. The molecule has 0 bridgehead atoms. The zero-order valence-electron chi connectivity index (χ0n) is 17.0. The van der Waals surface area contributed by atoms with Gasteiger partial charge in [0.1, 0.15) is 5.75 Å². The van der Waals surface area contributed by atoms with Crippen LogP contribution in [0, 0.1) is 0 Å². The number of para-hydroxylation sites is 1. The molecule has 6 nitrogen and oxygen atoms in total. The van der Waals surface area contributed by atoms with E-state index in [0.29, 0.717) is 18.5 Å². The number of nitrogens with zero attached hydrogens (tertiary/aromatic N) is 1. The quantitative estimate of drug-likeness (QED) is 0.210. The highest BCUT2D eigenvalue weighted by Gasteiger charge is 2.59. The number of epoxide rings is 1. The molecular weight excluding hydrogens is 394 g/mol. The third-order valence-electron chi connectivity index (χ3n) is 4.50. The van der Waals surface area contributed by atoms with Crippen LogP contribution in [0.4, 0.5) is 8.78 Å². The molecule has 1 aliphatic rings. The van der Waals surface area contributed by atoms with Crippen molar-refractivity contribution in [3.05, 3.63) is 65.2 Å². The topological polar surface area (TPSA) is 83.5 Å². The van der Waals surface area contributed by atoms with E-state index in [0.717, 1.165) is 17.7 Å². The van der Waals surface area contributed by atoms with Gasteiger partial charge in [0.2, 0.25) is 6.41 Å². The number of methoxy groups -OCH3 is 1. The maximum absolute atomic E-state index is 12.6. The number of benzene rings is 2. The Labute approximate surface area is 174 Å². The van der Waals surface area contributed by atoms with Crippen molar-refractivity contribution in [3.63, 3.8) is 0 Å². The average molecular weight is 420 g/mol. The lowest BCUT2D eigenvalue weighted by Gasteiger charge is -2.05. The molecule has 1 atom stereocenters. The van der Waals surface area contributed by atoms with Crippen LogP contribution < -0.4 is 10.1 Å². The van der Waals surface area contributed by atoms with Crippen LogP contribution in [-0.4, -0.2) is 36.7 Å². The summed E-state index contributed by atoms with van der Waals surface area (Å²) in [4.78, 5) is 10.1. The van der Waals surface area contributed by atoms with Crippen LogP contribution in [0.1, 0.15) is 36.5 Å². The second-order valence-corrected chi connectivity index (χ2v) is 6.68. The maximum Gasteiger partial charge on any atom is 0.383 e. The van der Waals surface area contributed by atoms with Crippen molar-refractivity contribution in [3.8, 4) is 5.75 Å². The van der Waals surface area contributed by atoms with E-state index in [4.69, 9.17) is 9.94 Å². The molecule has 0 aliphatic carbocycles. The number of oxime groups is 1. The van der Waals surface area contributed by atoms with Gasteiger partial charge in [-0.15, -0.1) is 0 Å². The number of hydrogen-bond acceptors (Lipinski definition) is 5. The molecule has 2 N–H and O–H groups in total.